The summed E-state index contributed by atoms with van der Waals surface area (Å²) in [5.41, 5.74) is 0. The molecule has 1 saturated heterocycles. The second-order valence-electron chi connectivity index (χ2n) is 4.55. The van der Waals surface area contributed by atoms with Crippen LogP contribution in [0.25, 0.3) is 0 Å². The standard InChI is InChI=1S/C13H19N3O4/c17-12(14-7-10-3-1-5-19-10)9-16-13(18)15-8-11-4-2-6-20-11/h1,3,5,11H,2,4,6-9H2,(H,14,17)(H2,15,16,18). The summed E-state index contributed by atoms with van der Waals surface area (Å²) in [6, 6.07) is 3.15. The van der Waals surface area contributed by atoms with Gasteiger partial charge in [0.05, 0.1) is 25.5 Å². The first kappa shape index (κ1) is 14.4. The van der Waals surface area contributed by atoms with E-state index in [-0.39, 0.29) is 24.6 Å². The fourth-order valence-electron chi connectivity index (χ4n) is 1.90. The number of carbonyl (C=O) groups excluding carboxylic acids is 2. The van der Waals surface area contributed by atoms with Crippen molar-refractivity contribution in [2.75, 3.05) is 19.7 Å². The average Bonchev–Trinajstić information content (AvgIpc) is 3.13. The Hall–Kier alpha value is -2.02. The summed E-state index contributed by atoms with van der Waals surface area (Å²) in [6.45, 7) is 1.46. The van der Waals surface area contributed by atoms with Crippen LogP contribution in [0.1, 0.15) is 18.6 Å². The molecule has 2 rings (SSSR count). The van der Waals surface area contributed by atoms with Gasteiger partial charge in [-0.05, 0) is 25.0 Å². The molecular weight excluding hydrogens is 262 g/mol. The minimum absolute atomic E-state index is 0.0714. The Balaban J connectivity index is 1.54. The molecule has 2 heterocycles. The van der Waals surface area contributed by atoms with Gasteiger partial charge in [0.25, 0.3) is 0 Å². The van der Waals surface area contributed by atoms with Crippen LogP contribution in [0.5, 0.6) is 0 Å². The van der Waals surface area contributed by atoms with Crippen LogP contribution in [0.2, 0.25) is 0 Å². The normalized spacial score (nSPS) is 17.7. The van der Waals surface area contributed by atoms with Crippen LogP contribution in [0, 0.1) is 0 Å². The number of rotatable bonds is 6. The summed E-state index contributed by atoms with van der Waals surface area (Å²) in [6.07, 6.45) is 3.62. The SMILES string of the molecule is O=C(CNC(=O)NCC1CCCO1)NCc1ccco1. The van der Waals surface area contributed by atoms with Crippen molar-refractivity contribution in [1.82, 2.24) is 16.0 Å². The highest BCUT2D eigenvalue weighted by atomic mass is 16.5. The molecule has 0 aromatic carbocycles. The Kier molecular flexibility index (Phi) is 5.43. The van der Waals surface area contributed by atoms with Crippen molar-refractivity contribution in [2.45, 2.75) is 25.5 Å². The van der Waals surface area contributed by atoms with Crippen molar-refractivity contribution < 1.29 is 18.7 Å². The number of ether oxygens (including phenoxy) is 1. The highest BCUT2D eigenvalue weighted by Gasteiger charge is 2.16. The van der Waals surface area contributed by atoms with Gasteiger partial charge in [-0.1, -0.05) is 0 Å². The first-order valence-corrected chi connectivity index (χ1v) is 6.66. The highest BCUT2D eigenvalue weighted by Crippen LogP contribution is 2.10. The molecule has 3 amide bonds. The molecule has 20 heavy (non-hydrogen) atoms. The fourth-order valence-corrected chi connectivity index (χ4v) is 1.90. The van der Waals surface area contributed by atoms with Gasteiger partial charge in [0, 0.05) is 13.2 Å². The summed E-state index contributed by atoms with van der Waals surface area (Å²) < 4.78 is 10.5. The highest BCUT2D eigenvalue weighted by molar-refractivity contribution is 5.83. The van der Waals surface area contributed by atoms with E-state index in [0.717, 1.165) is 19.4 Å². The van der Waals surface area contributed by atoms with Crippen LogP contribution >= 0.6 is 0 Å². The molecule has 110 valence electrons. The summed E-state index contributed by atoms with van der Waals surface area (Å²) in [4.78, 5) is 22.9. The number of hydrogen-bond donors (Lipinski definition) is 3. The first-order chi connectivity index (χ1) is 9.74. The maximum absolute atomic E-state index is 11.5. The molecule has 1 aliphatic rings. The van der Waals surface area contributed by atoms with Gasteiger partial charge in [-0.3, -0.25) is 4.79 Å². The maximum atomic E-state index is 11.5. The maximum Gasteiger partial charge on any atom is 0.315 e. The van der Waals surface area contributed by atoms with E-state index in [1.807, 2.05) is 0 Å². The van der Waals surface area contributed by atoms with E-state index < -0.39 is 0 Å². The quantitative estimate of drug-likeness (QED) is 0.702. The zero-order valence-corrected chi connectivity index (χ0v) is 11.2. The van der Waals surface area contributed by atoms with E-state index in [0.29, 0.717) is 18.8 Å². The third-order valence-electron chi connectivity index (χ3n) is 2.96. The molecule has 1 fully saturated rings. The van der Waals surface area contributed by atoms with Gasteiger partial charge in [-0.2, -0.15) is 0 Å². The third kappa shape index (κ3) is 4.93. The summed E-state index contributed by atoms with van der Waals surface area (Å²) >= 11 is 0. The lowest BCUT2D eigenvalue weighted by atomic mass is 10.2. The Labute approximate surface area is 117 Å². The summed E-state index contributed by atoms with van der Waals surface area (Å²) in [5.74, 6) is 0.398. The molecule has 7 nitrogen and oxygen atoms in total. The van der Waals surface area contributed by atoms with E-state index >= 15 is 0 Å². The summed E-state index contributed by atoms with van der Waals surface area (Å²) in [7, 11) is 0. The van der Waals surface area contributed by atoms with Crippen molar-refractivity contribution in [3.63, 3.8) is 0 Å². The van der Waals surface area contributed by atoms with Gasteiger partial charge in [-0.25, -0.2) is 4.79 Å². The first-order valence-electron chi connectivity index (χ1n) is 6.66. The molecular formula is C13H19N3O4. The molecule has 0 bridgehead atoms. The van der Waals surface area contributed by atoms with Crippen LogP contribution in [-0.4, -0.2) is 37.7 Å². The van der Waals surface area contributed by atoms with Crippen LogP contribution in [0.3, 0.4) is 0 Å². The fraction of sp³-hybridized carbons (Fsp3) is 0.538. The molecule has 1 aromatic rings. The molecule has 1 atom stereocenters. The van der Waals surface area contributed by atoms with Crippen LogP contribution in [0.4, 0.5) is 4.79 Å². The number of nitrogens with one attached hydrogen (secondary N) is 3. The van der Waals surface area contributed by atoms with E-state index in [1.165, 1.54) is 6.26 Å². The molecule has 1 aliphatic heterocycles. The zero-order chi connectivity index (χ0) is 14.2. The zero-order valence-electron chi connectivity index (χ0n) is 11.2. The number of furan rings is 1. The molecule has 1 unspecified atom stereocenters. The smallest absolute Gasteiger partial charge is 0.315 e. The number of amides is 3. The Morgan fingerprint density at radius 3 is 2.90 bits per heavy atom. The largest absolute Gasteiger partial charge is 0.467 e. The molecule has 1 aromatic heterocycles. The van der Waals surface area contributed by atoms with E-state index in [1.54, 1.807) is 12.1 Å². The minimum Gasteiger partial charge on any atom is -0.467 e. The average molecular weight is 281 g/mol. The molecule has 3 N–H and O–H groups in total. The topological polar surface area (TPSA) is 92.6 Å². The summed E-state index contributed by atoms with van der Waals surface area (Å²) in [5, 5.41) is 7.80. The lowest BCUT2D eigenvalue weighted by Crippen LogP contribution is -2.43. The molecule has 7 heteroatoms. The van der Waals surface area contributed by atoms with Crippen molar-refractivity contribution in [1.29, 1.82) is 0 Å². The van der Waals surface area contributed by atoms with Crippen LogP contribution < -0.4 is 16.0 Å². The van der Waals surface area contributed by atoms with E-state index in [4.69, 9.17) is 9.15 Å². The number of carbonyl (C=O) groups is 2. The van der Waals surface area contributed by atoms with Gasteiger partial charge in [0.15, 0.2) is 0 Å². The Morgan fingerprint density at radius 1 is 1.30 bits per heavy atom. The predicted molar refractivity (Wildman–Crippen MR) is 70.9 cm³/mol. The van der Waals surface area contributed by atoms with Crippen molar-refractivity contribution in [2.24, 2.45) is 0 Å². The Morgan fingerprint density at radius 2 is 2.20 bits per heavy atom. The van der Waals surface area contributed by atoms with Crippen molar-refractivity contribution >= 4 is 11.9 Å². The van der Waals surface area contributed by atoms with Crippen molar-refractivity contribution in [3.05, 3.63) is 24.2 Å². The minimum atomic E-state index is -0.367. The van der Waals surface area contributed by atoms with Gasteiger partial charge in [0.2, 0.25) is 5.91 Å². The number of hydrogen-bond acceptors (Lipinski definition) is 4. The lowest BCUT2D eigenvalue weighted by molar-refractivity contribution is -0.120. The number of urea groups is 1. The second kappa shape index (κ2) is 7.54. The monoisotopic (exact) mass is 281 g/mol. The van der Waals surface area contributed by atoms with Crippen LogP contribution in [-0.2, 0) is 16.1 Å². The van der Waals surface area contributed by atoms with E-state index in [2.05, 4.69) is 16.0 Å². The van der Waals surface area contributed by atoms with Gasteiger partial charge in [0.1, 0.15) is 5.76 Å². The van der Waals surface area contributed by atoms with Crippen LogP contribution in [0.15, 0.2) is 22.8 Å². The molecule has 0 aliphatic carbocycles. The molecule has 0 radical (unpaired) electrons. The second-order valence-corrected chi connectivity index (χ2v) is 4.55. The lowest BCUT2D eigenvalue weighted by Gasteiger charge is -2.11. The van der Waals surface area contributed by atoms with Crippen molar-refractivity contribution in [3.8, 4) is 0 Å². The van der Waals surface area contributed by atoms with Gasteiger partial charge in [-0.15, -0.1) is 0 Å². The van der Waals surface area contributed by atoms with Gasteiger partial charge < -0.3 is 25.1 Å². The third-order valence-corrected chi connectivity index (χ3v) is 2.96. The van der Waals surface area contributed by atoms with Gasteiger partial charge >= 0.3 is 6.03 Å². The molecule has 0 spiro atoms. The predicted octanol–water partition coefficient (Wildman–Crippen LogP) is 0.374. The molecule has 0 saturated carbocycles. The Bertz CT molecular complexity index is 427. The van der Waals surface area contributed by atoms with E-state index in [9.17, 15) is 9.59 Å².